The van der Waals surface area contributed by atoms with Crippen LogP contribution in [0.4, 0.5) is 5.69 Å². The molecule has 22 heavy (non-hydrogen) atoms. The largest absolute Gasteiger partial charge is 0.465 e. The summed E-state index contributed by atoms with van der Waals surface area (Å²) in [5.74, 6) is -0.491. The molecule has 0 unspecified atom stereocenters. The van der Waals surface area contributed by atoms with E-state index in [9.17, 15) is 13.2 Å². The summed E-state index contributed by atoms with van der Waals surface area (Å²) in [6.45, 7) is 1.68. The quantitative estimate of drug-likeness (QED) is 0.816. The molecule has 1 heterocycles. The van der Waals surface area contributed by atoms with Gasteiger partial charge in [-0.2, -0.15) is 0 Å². The van der Waals surface area contributed by atoms with Crippen molar-refractivity contribution in [3.63, 3.8) is 0 Å². The Hall–Kier alpha value is -1.28. The van der Waals surface area contributed by atoms with Gasteiger partial charge in [0, 0.05) is 0 Å². The van der Waals surface area contributed by atoms with E-state index < -0.39 is 16.0 Å². The van der Waals surface area contributed by atoms with Crippen molar-refractivity contribution in [3.05, 3.63) is 44.8 Å². The lowest BCUT2D eigenvalue weighted by molar-refractivity contribution is 0.0600. The van der Waals surface area contributed by atoms with Gasteiger partial charge in [-0.15, -0.1) is 11.3 Å². The lowest BCUT2D eigenvalue weighted by Gasteiger charge is -2.10. The minimum atomic E-state index is -3.79. The fourth-order valence-electron chi connectivity index (χ4n) is 1.68. The van der Waals surface area contributed by atoms with Crippen molar-refractivity contribution < 1.29 is 17.9 Å². The summed E-state index contributed by atoms with van der Waals surface area (Å²) in [6.07, 6.45) is 0. The van der Waals surface area contributed by atoms with E-state index in [1.165, 1.54) is 31.4 Å². The highest BCUT2D eigenvalue weighted by Gasteiger charge is 2.20. The van der Waals surface area contributed by atoms with Gasteiger partial charge in [0.1, 0.15) is 8.55 Å². The van der Waals surface area contributed by atoms with Crippen molar-refractivity contribution in [1.29, 1.82) is 0 Å². The summed E-state index contributed by atoms with van der Waals surface area (Å²) in [7, 11) is -2.52. The zero-order chi connectivity index (χ0) is 16.5. The van der Waals surface area contributed by atoms with Crippen LogP contribution in [0.1, 0.15) is 15.9 Å². The fourth-order valence-corrected chi connectivity index (χ4v) is 4.69. The maximum Gasteiger partial charge on any atom is 0.337 e. The Morgan fingerprint density at radius 3 is 2.45 bits per heavy atom. The Labute approximate surface area is 141 Å². The van der Waals surface area contributed by atoms with Crippen molar-refractivity contribution in [1.82, 2.24) is 0 Å². The highest BCUT2D eigenvalue weighted by atomic mass is 35.5. The molecule has 0 saturated heterocycles. The molecule has 0 amide bonds. The van der Waals surface area contributed by atoms with Crippen molar-refractivity contribution in [2.75, 3.05) is 11.8 Å². The molecule has 1 aromatic carbocycles. The van der Waals surface area contributed by atoms with Crippen molar-refractivity contribution in [2.45, 2.75) is 11.1 Å². The van der Waals surface area contributed by atoms with Crippen molar-refractivity contribution in [3.8, 4) is 0 Å². The van der Waals surface area contributed by atoms with Crippen LogP contribution >= 0.6 is 34.5 Å². The average Bonchev–Trinajstić information content (AvgIpc) is 2.81. The number of hydrogen-bond donors (Lipinski definition) is 1. The third-order valence-corrected chi connectivity index (χ3v) is 6.48. The number of hydrogen-bond acceptors (Lipinski definition) is 5. The molecule has 0 fully saturated rings. The number of sulfonamides is 1. The van der Waals surface area contributed by atoms with Gasteiger partial charge in [-0.1, -0.05) is 23.2 Å². The molecule has 5 nitrogen and oxygen atoms in total. The first-order chi connectivity index (χ1) is 10.2. The average molecular weight is 380 g/mol. The molecule has 9 heteroatoms. The summed E-state index contributed by atoms with van der Waals surface area (Å²) < 4.78 is 31.8. The smallest absolute Gasteiger partial charge is 0.337 e. The van der Waals surface area contributed by atoms with E-state index in [2.05, 4.69) is 9.46 Å². The zero-order valence-electron chi connectivity index (χ0n) is 11.5. The molecular formula is C13H11Cl2NO4S2. The number of methoxy groups -OCH3 is 1. The van der Waals surface area contributed by atoms with Gasteiger partial charge in [0.25, 0.3) is 10.0 Å². The van der Waals surface area contributed by atoms with E-state index in [1.807, 2.05) is 0 Å². The van der Waals surface area contributed by atoms with E-state index >= 15 is 0 Å². The number of anilines is 1. The minimum Gasteiger partial charge on any atom is -0.465 e. The second-order valence-electron chi connectivity index (χ2n) is 4.31. The third-order valence-electron chi connectivity index (χ3n) is 2.78. The van der Waals surface area contributed by atoms with Crippen molar-refractivity contribution in [2.24, 2.45) is 0 Å². The number of rotatable bonds is 4. The zero-order valence-corrected chi connectivity index (χ0v) is 14.7. The molecule has 1 N–H and O–H groups in total. The van der Waals surface area contributed by atoms with Crippen LogP contribution in [0, 0.1) is 6.92 Å². The normalized spacial score (nSPS) is 11.3. The molecule has 2 rings (SSSR count). The first-order valence-corrected chi connectivity index (χ1v) is 8.97. The van der Waals surface area contributed by atoms with Crippen LogP contribution in [-0.4, -0.2) is 21.5 Å². The van der Waals surface area contributed by atoms with Gasteiger partial charge in [-0.25, -0.2) is 13.2 Å². The van der Waals surface area contributed by atoms with E-state index in [4.69, 9.17) is 23.2 Å². The molecule has 118 valence electrons. The summed E-state index contributed by atoms with van der Waals surface area (Å²) in [6, 6.07) is 5.80. The molecule has 0 aliphatic rings. The van der Waals surface area contributed by atoms with Crippen LogP contribution in [0.15, 0.2) is 28.5 Å². The summed E-state index contributed by atoms with van der Waals surface area (Å²) in [5, 5.41) is 0.185. The number of esters is 1. The number of carbonyl (C=O) groups is 1. The Balaban J connectivity index is 2.32. The Kier molecular flexibility index (Phi) is 5.01. The van der Waals surface area contributed by atoms with E-state index in [0.717, 1.165) is 11.3 Å². The highest BCUT2D eigenvalue weighted by Crippen LogP contribution is 2.35. The minimum absolute atomic E-state index is 0.0129. The Morgan fingerprint density at radius 2 is 1.95 bits per heavy atom. The number of carbonyl (C=O) groups excluding carboxylic acids is 1. The fraction of sp³-hybridized carbons (Fsp3) is 0.154. The number of aryl methyl sites for hydroxylation is 1. The van der Waals surface area contributed by atoms with Gasteiger partial charge in [0.05, 0.1) is 23.4 Å². The van der Waals surface area contributed by atoms with Crippen LogP contribution < -0.4 is 4.72 Å². The molecule has 0 radical (unpaired) electrons. The van der Waals surface area contributed by atoms with Crippen LogP contribution in [0.5, 0.6) is 0 Å². The van der Waals surface area contributed by atoms with Gasteiger partial charge in [0.15, 0.2) is 0 Å². The third kappa shape index (κ3) is 3.55. The topological polar surface area (TPSA) is 72.5 Å². The summed E-state index contributed by atoms with van der Waals surface area (Å²) >= 11 is 12.4. The Morgan fingerprint density at radius 1 is 1.27 bits per heavy atom. The lowest BCUT2D eigenvalue weighted by atomic mass is 10.1. The van der Waals surface area contributed by atoms with Gasteiger partial charge in [-0.3, -0.25) is 4.72 Å². The standard InChI is InChI=1S/C13H11Cl2NO4S2/c1-7-5-8(13(17)20-2)3-4-10(7)16-22(18,19)11-6-9(14)12(15)21-11/h3-6,16H,1-2H3. The first kappa shape index (κ1) is 17.1. The second-order valence-corrected chi connectivity index (χ2v) is 8.28. The number of nitrogens with one attached hydrogen (secondary N) is 1. The molecule has 0 bridgehead atoms. The van der Waals surface area contributed by atoms with Gasteiger partial charge in [-0.05, 0) is 36.8 Å². The molecule has 0 spiro atoms. The monoisotopic (exact) mass is 379 g/mol. The molecule has 0 aliphatic carbocycles. The molecule has 0 aliphatic heterocycles. The van der Waals surface area contributed by atoms with Crippen LogP contribution in [0.2, 0.25) is 9.36 Å². The number of benzene rings is 1. The van der Waals surface area contributed by atoms with Gasteiger partial charge < -0.3 is 4.74 Å². The number of halogens is 2. The molecule has 2 aromatic rings. The second kappa shape index (κ2) is 6.45. The maximum atomic E-state index is 12.3. The molecule has 0 atom stereocenters. The highest BCUT2D eigenvalue weighted by molar-refractivity contribution is 7.94. The van der Waals surface area contributed by atoms with Crippen molar-refractivity contribution >= 4 is 56.2 Å². The maximum absolute atomic E-state index is 12.3. The Bertz CT molecular complexity index is 811. The number of ether oxygens (including phenoxy) is 1. The lowest BCUT2D eigenvalue weighted by Crippen LogP contribution is -2.13. The predicted molar refractivity (Wildman–Crippen MR) is 87.7 cm³/mol. The predicted octanol–water partition coefficient (Wildman–Crippen LogP) is 3.95. The van der Waals surface area contributed by atoms with E-state index in [1.54, 1.807) is 6.92 Å². The van der Waals surface area contributed by atoms with Gasteiger partial charge in [0.2, 0.25) is 0 Å². The molecular weight excluding hydrogens is 369 g/mol. The van der Waals surface area contributed by atoms with E-state index in [-0.39, 0.29) is 13.6 Å². The van der Waals surface area contributed by atoms with E-state index in [0.29, 0.717) is 16.8 Å². The summed E-state index contributed by atoms with van der Waals surface area (Å²) in [5.41, 5.74) is 1.28. The SMILES string of the molecule is COC(=O)c1ccc(NS(=O)(=O)c2cc(Cl)c(Cl)s2)c(C)c1. The van der Waals surface area contributed by atoms with Crippen LogP contribution in [0.3, 0.4) is 0 Å². The summed E-state index contributed by atoms with van der Waals surface area (Å²) in [4.78, 5) is 11.4. The van der Waals surface area contributed by atoms with Crippen LogP contribution in [-0.2, 0) is 14.8 Å². The van der Waals surface area contributed by atoms with Crippen LogP contribution in [0.25, 0.3) is 0 Å². The van der Waals surface area contributed by atoms with Gasteiger partial charge >= 0.3 is 5.97 Å². The molecule has 0 saturated carbocycles. The first-order valence-electron chi connectivity index (χ1n) is 5.91. The number of thiophene rings is 1. The molecule has 1 aromatic heterocycles.